The topological polar surface area (TPSA) is 58.6 Å². The highest BCUT2D eigenvalue weighted by Gasteiger charge is 2.45. The maximum absolute atomic E-state index is 12.5. The van der Waals surface area contributed by atoms with Crippen LogP contribution in [0.25, 0.3) is 0 Å². The number of nitrogens with one attached hydrogen (secondary N) is 1. The predicted octanol–water partition coefficient (Wildman–Crippen LogP) is 2.12. The molecule has 134 valence electrons. The van der Waals surface area contributed by atoms with Gasteiger partial charge in [0.2, 0.25) is 5.91 Å². The van der Waals surface area contributed by atoms with Crippen LogP contribution in [-0.4, -0.2) is 47.4 Å². The number of piperidine rings is 1. The molecule has 0 aromatic heterocycles. The first-order valence-corrected chi connectivity index (χ1v) is 10.1. The van der Waals surface area contributed by atoms with Crippen LogP contribution in [0.5, 0.6) is 0 Å². The van der Waals surface area contributed by atoms with Crippen molar-refractivity contribution in [2.24, 2.45) is 0 Å². The number of carbonyl (C=O) groups excluding carboxylic acids is 2. The van der Waals surface area contributed by atoms with Gasteiger partial charge in [-0.2, -0.15) is 0 Å². The highest BCUT2D eigenvalue weighted by atomic mass is 32.2. The third-order valence-corrected chi connectivity index (χ3v) is 6.46. The molecule has 1 aromatic carbocycles. The summed E-state index contributed by atoms with van der Waals surface area (Å²) >= 11 is 1.62. The lowest BCUT2D eigenvalue weighted by Gasteiger charge is -2.38. The number of fused-ring (bicyclic) bond motifs is 1. The van der Waals surface area contributed by atoms with Crippen molar-refractivity contribution in [3.8, 4) is 0 Å². The number of aryl methyl sites for hydroxylation is 2. The second kappa shape index (κ2) is 6.65. The van der Waals surface area contributed by atoms with Gasteiger partial charge in [0.25, 0.3) is 5.91 Å². The number of hydrogen-bond donors (Lipinski definition) is 1. The van der Waals surface area contributed by atoms with Crippen molar-refractivity contribution in [3.05, 3.63) is 29.3 Å². The zero-order valence-electron chi connectivity index (χ0n) is 14.5. The third-order valence-electron chi connectivity index (χ3n) is 5.48. The van der Waals surface area contributed by atoms with Gasteiger partial charge in [-0.25, -0.2) is 0 Å². The summed E-state index contributed by atoms with van der Waals surface area (Å²) in [6.45, 7) is 3.04. The number of hydrogen-bond acceptors (Lipinski definition) is 4. The average Bonchev–Trinajstić information content (AvgIpc) is 3.17. The number of carbonyl (C=O) groups is 2. The van der Waals surface area contributed by atoms with Gasteiger partial charge in [-0.05, 0) is 49.4 Å². The zero-order chi connectivity index (χ0) is 17.4. The minimum absolute atomic E-state index is 0.0491. The van der Waals surface area contributed by atoms with Gasteiger partial charge in [-0.15, -0.1) is 11.8 Å². The molecule has 25 heavy (non-hydrogen) atoms. The first kappa shape index (κ1) is 16.9. The lowest BCUT2D eigenvalue weighted by molar-refractivity contribution is -0.136. The summed E-state index contributed by atoms with van der Waals surface area (Å²) in [7, 11) is 0. The van der Waals surface area contributed by atoms with Gasteiger partial charge in [0.05, 0.1) is 5.75 Å². The van der Waals surface area contributed by atoms with E-state index >= 15 is 0 Å². The smallest absolute Gasteiger partial charge is 0.251 e. The van der Waals surface area contributed by atoms with Crippen LogP contribution in [0.15, 0.2) is 23.1 Å². The molecule has 1 atom stereocenters. The third kappa shape index (κ3) is 3.42. The normalized spacial score (nSPS) is 24.4. The van der Waals surface area contributed by atoms with Crippen LogP contribution in [0.4, 0.5) is 0 Å². The molecule has 1 aromatic rings. The molecule has 1 N–H and O–H groups in total. The Kier molecular flexibility index (Phi) is 4.50. The fraction of sp³-hybridized carbons (Fsp3) is 0.579. The monoisotopic (exact) mass is 360 g/mol. The lowest BCUT2D eigenvalue weighted by atomic mass is 10.0. The largest absolute Gasteiger partial charge is 0.343 e. The zero-order valence-corrected chi connectivity index (χ0v) is 15.4. The van der Waals surface area contributed by atoms with Crippen molar-refractivity contribution in [2.75, 3.05) is 18.8 Å². The first-order chi connectivity index (χ1) is 12.0. The van der Waals surface area contributed by atoms with Crippen LogP contribution in [0.2, 0.25) is 0 Å². The number of ether oxygens (including phenoxy) is 1. The molecule has 2 amide bonds. The molecule has 1 aliphatic carbocycles. The fourth-order valence-electron chi connectivity index (χ4n) is 3.98. The van der Waals surface area contributed by atoms with E-state index in [4.69, 9.17) is 4.74 Å². The van der Waals surface area contributed by atoms with Crippen molar-refractivity contribution < 1.29 is 14.3 Å². The predicted molar refractivity (Wildman–Crippen MR) is 96.4 cm³/mol. The minimum Gasteiger partial charge on any atom is -0.343 e. The van der Waals surface area contributed by atoms with E-state index in [1.54, 1.807) is 18.7 Å². The summed E-state index contributed by atoms with van der Waals surface area (Å²) < 4.78 is 5.80. The van der Waals surface area contributed by atoms with E-state index in [0.717, 1.165) is 6.42 Å². The van der Waals surface area contributed by atoms with E-state index in [0.29, 0.717) is 31.7 Å². The number of thioether (sulfide) groups is 1. The Morgan fingerprint density at radius 3 is 2.80 bits per heavy atom. The molecule has 1 spiro atoms. The van der Waals surface area contributed by atoms with Crippen LogP contribution in [-0.2, 0) is 27.2 Å². The summed E-state index contributed by atoms with van der Waals surface area (Å²) in [5.41, 5.74) is 2.35. The first-order valence-electron chi connectivity index (χ1n) is 9.07. The minimum atomic E-state index is -0.555. The van der Waals surface area contributed by atoms with Gasteiger partial charge < -0.3 is 15.0 Å². The molecule has 3 aliphatic rings. The maximum atomic E-state index is 12.5. The van der Waals surface area contributed by atoms with Gasteiger partial charge in [0.1, 0.15) is 11.8 Å². The molecular formula is C19H24N2O3S. The molecular weight excluding hydrogens is 336 g/mol. The van der Waals surface area contributed by atoms with Crippen LogP contribution in [0.3, 0.4) is 0 Å². The highest BCUT2D eigenvalue weighted by Crippen LogP contribution is 2.31. The van der Waals surface area contributed by atoms with Crippen LogP contribution in [0.1, 0.15) is 37.3 Å². The molecule has 5 nitrogen and oxygen atoms in total. The Morgan fingerprint density at radius 2 is 2.08 bits per heavy atom. The summed E-state index contributed by atoms with van der Waals surface area (Å²) in [4.78, 5) is 27.3. The van der Waals surface area contributed by atoms with E-state index in [1.807, 2.05) is 4.90 Å². The molecule has 1 unspecified atom stereocenters. The van der Waals surface area contributed by atoms with E-state index in [1.165, 1.54) is 28.9 Å². The maximum Gasteiger partial charge on any atom is 0.251 e. The van der Waals surface area contributed by atoms with Gasteiger partial charge in [-0.1, -0.05) is 6.07 Å². The fourth-order valence-corrected chi connectivity index (χ4v) is 4.84. The summed E-state index contributed by atoms with van der Waals surface area (Å²) in [6, 6.07) is 6.59. The van der Waals surface area contributed by atoms with Crippen molar-refractivity contribution in [1.82, 2.24) is 10.2 Å². The molecule has 2 aliphatic heterocycles. The number of amides is 2. The molecule has 2 fully saturated rings. The highest BCUT2D eigenvalue weighted by molar-refractivity contribution is 8.00. The summed E-state index contributed by atoms with van der Waals surface area (Å²) in [6.07, 6.45) is 4.53. The standard InChI is InChI=1S/C19H24N2O3S/c1-13-18(23)20-19(24-13)7-9-21(10-8-19)17(22)12-25-16-6-5-14-3-2-4-15(14)11-16/h5-6,11,13H,2-4,7-10,12H2,1H3,(H,20,23). The molecule has 2 heterocycles. The van der Waals surface area contributed by atoms with Crippen LogP contribution in [0, 0.1) is 0 Å². The second-order valence-electron chi connectivity index (χ2n) is 7.20. The lowest BCUT2D eigenvalue weighted by Crippen LogP contribution is -2.53. The molecule has 0 radical (unpaired) electrons. The molecule has 0 saturated carbocycles. The average molecular weight is 360 g/mol. The van der Waals surface area contributed by atoms with Gasteiger partial charge in [0, 0.05) is 30.8 Å². The number of likely N-dealkylation sites (tertiary alicyclic amines) is 1. The van der Waals surface area contributed by atoms with E-state index < -0.39 is 11.8 Å². The van der Waals surface area contributed by atoms with E-state index in [2.05, 4.69) is 23.5 Å². The SMILES string of the molecule is CC1OC2(CCN(C(=O)CSc3ccc4c(c3)CCC4)CC2)NC1=O. The Balaban J connectivity index is 1.29. The molecule has 4 rings (SSSR count). The van der Waals surface area contributed by atoms with Crippen LogP contribution < -0.4 is 5.32 Å². The Hall–Kier alpha value is -1.53. The van der Waals surface area contributed by atoms with Crippen molar-refractivity contribution in [3.63, 3.8) is 0 Å². The summed E-state index contributed by atoms with van der Waals surface area (Å²) in [5, 5.41) is 2.96. The number of rotatable bonds is 3. The quantitative estimate of drug-likeness (QED) is 0.839. The summed E-state index contributed by atoms with van der Waals surface area (Å²) in [5.74, 6) is 0.583. The van der Waals surface area contributed by atoms with Crippen molar-refractivity contribution in [1.29, 1.82) is 0 Å². The van der Waals surface area contributed by atoms with E-state index in [9.17, 15) is 9.59 Å². The Bertz CT molecular complexity index is 698. The van der Waals surface area contributed by atoms with Crippen molar-refractivity contribution >= 4 is 23.6 Å². The molecule has 6 heteroatoms. The van der Waals surface area contributed by atoms with Gasteiger partial charge in [-0.3, -0.25) is 9.59 Å². The van der Waals surface area contributed by atoms with Crippen LogP contribution >= 0.6 is 11.8 Å². The second-order valence-corrected chi connectivity index (χ2v) is 8.25. The van der Waals surface area contributed by atoms with E-state index in [-0.39, 0.29) is 11.8 Å². The van der Waals surface area contributed by atoms with Gasteiger partial charge in [0.15, 0.2) is 0 Å². The Labute approximate surface area is 152 Å². The molecule has 2 saturated heterocycles. The van der Waals surface area contributed by atoms with Crippen molar-refractivity contribution in [2.45, 2.75) is 55.8 Å². The van der Waals surface area contributed by atoms with Gasteiger partial charge >= 0.3 is 0 Å². The number of benzene rings is 1. The number of nitrogens with zero attached hydrogens (tertiary/aromatic N) is 1. The Morgan fingerprint density at radius 1 is 1.32 bits per heavy atom. The molecule has 0 bridgehead atoms.